The van der Waals surface area contributed by atoms with Gasteiger partial charge in [0.15, 0.2) is 0 Å². The topological polar surface area (TPSA) is 55.1 Å². The number of thioether (sulfide) groups is 1. The quantitative estimate of drug-likeness (QED) is 0.636. The monoisotopic (exact) mass is 266 g/mol. The van der Waals surface area contributed by atoms with E-state index < -0.39 is 0 Å². The van der Waals surface area contributed by atoms with Crippen molar-refractivity contribution in [2.24, 2.45) is 0 Å². The normalized spacial score (nSPS) is 14.0. The molecule has 100 valence electrons. The SMILES string of the molecule is CCC(C)NC(=O)C(C)Sc1cc(C)ccc1N. The van der Waals surface area contributed by atoms with Crippen molar-refractivity contribution >= 4 is 23.4 Å². The number of nitrogens with two attached hydrogens (primary N) is 1. The standard InChI is InChI=1S/C14H22N2OS/c1-5-10(3)16-14(17)11(4)18-13-8-9(2)6-7-12(13)15/h6-8,10-11H,5,15H2,1-4H3,(H,16,17). The van der Waals surface area contributed by atoms with E-state index in [4.69, 9.17) is 5.73 Å². The molecule has 3 nitrogen and oxygen atoms in total. The lowest BCUT2D eigenvalue weighted by Crippen LogP contribution is -2.37. The molecule has 0 aliphatic rings. The van der Waals surface area contributed by atoms with Crippen LogP contribution in [0.3, 0.4) is 0 Å². The summed E-state index contributed by atoms with van der Waals surface area (Å²) >= 11 is 1.51. The summed E-state index contributed by atoms with van der Waals surface area (Å²) in [6, 6.07) is 6.10. The van der Waals surface area contributed by atoms with Gasteiger partial charge in [0.25, 0.3) is 0 Å². The highest BCUT2D eigenvalue weighted by Gasteiger charge is 2.16. The maximum atomic E-state index is 11.9. The van der Waals surface area contributed by atoms with E-state index in [1.807, 2.05) is 39.0 Å². The lowest BCUT2D eigenvalue weighted by molar-refractivity contribution is -0.120. The maximum Gasteiger partial charge on any atom is 0.233 e. The molecule has 3 N–H and O–H groups in total. The number of anilines is 1. The maximum absolute atomic E-state index is 11.9. The van der Waals surface area contributed by atoms with E-state index in [9.17, 15) is 4.79 Å². The van der Waals surface area contributed by atoms with Crippen molar-refractivity contribution in [3.05, 3.63) is 23.8 Å². The first-order valence-corrected chi connectivity index (χ1v) is 7.15. The fraction of sp³-hybridized carbons (Fsp3) is 0.500. The molecule has 2 unspecified atom stereocenters. The molecule has 1 amide bonds. The van der Waals surface area contributed by atoms with Gasteiger partial charge in [-0.2, -0.15) is 0 Å². The van der Waals surface area contributed by atoms with E-state index >= 15 is 0 Å². The van der Waals surface area contributed by atoms with Crippen LogP contribution in [0.15, 0.2) is 23.1 Å². The molecule has 0 aliphatic carbocycles. The molecule has 0 saturated heterocycles. The minimum atomic E-state index is -0.136. The Bertz CT molecular complexity index is 420. The van der Waals surface area contributed by atoms with Gasteiger partial charge in [-0.3, -0.25) is 4.79 Å². The predicted molar refractivity (Wildman–Crippen MR) is 78.8 cm³/mol. The minimum absolute atomic E-state index is 0.0651. The highest BCUT2D eigenvalue weighted by Crippen LogP contribution is 2.29. The summed E-state index contributed by atoms with van der Waals surface area (Å²) in [6.45, 7) is 8.00. The van der Waals surface area contributed by atoms with Crippen LogP contribution < -0.4 is 11.1 Å². The van der Waals surface area contributed by atoms with E-state index in [2.05, 4.69) is 12.2 Å². The van der Waals surface area contributed by atoms with Gasteiger partial charge >= 0.3 is 0 Å². The summed E-state index contributed by atoms with van der Waals surface area (Å²) in [5, 5.41) is 2.85. The molecule has 0 aliphatic heterocycles. The second-order valence-corrected chi connectivity index (χ2v) is 6.00. The lowest BCUT2D eigenvalue weighted by Gasteiger charge is -2.17. The molecule has 0 aromatic heterocycles. The molecule has 1 rings (SSSR count). The van der Waals surface area contributed by atoms with Crippen LogP contribution in [0.4, 0.5) is 5.69 Å². The number of amides is 1. The third kappa shape index (κ3) is 4.26. The van der Waals surface area contributed by atoms with Gasteiger partial charge in [-0.15, -0.1) is 11.8 Å². The predicted octanol–water partition coefficient (Wildman–Crippen LogP) is 2.97. The van der Waals surface area contributed by atoms with Crippen molar-refractivity contribution in [3.8, 4) is 0 Å². The number of benzene rings is 1. The van der Waals surface area contributed by atoms with Gasteiger partial charge in [-0.1, -0.05) is 13.0 Å². The Morgan fingerprint density at radius 3 is 2.72 bits per heavy atom. The highest BCUT2D eigenvalue weighted by molar-refractivity contribution is 8.00. The van der Waals surface area contributed by atoms with Gasteiger partial charge in [-0.25, -0.2) is 0 Å². The van der Waals surface area contributed by atoms with Crippen molar-refractivity contribution < 1.29 is 4.79 Å². The van der Waals surface area contributed by atoms with Crippen molar-refractivity contribution in [1.29, 1.82) is 0 Å². The smallest absolute Gasteiger partial charge is 0.233 e. The number of carbonyl (C=O) groups is 1. The van der Waals surface area contributed by atoms with Crippen LogP contribution in [0.1, 0.15) is 32.8 Å². The number of nitrogen functional groups attached to an aromatic ring is 1. The Kier molecular flexibility index (Phi) is 5.54. The van der Waals surface area contributed by atoms with Gasteiger partial charge < -0.3 is 11.1 Å². The zero-order valence-corrected chi connectivity index (χ0v) is 12.3. The molecule has 2 atom stereocenters. The summed E-state index contributed by atoms with van der Waals surface area (Å²) in [6.07, 6.45) is 0.940. The van der Waals surface area contributed by atoms with Gasteiger partial charge in [0.1, 0.15) is 0 Å². The number of hydrogen-bond acceptors (Lipinski definition) is 3. The average Bonchev–Trinajstić information content (AvgIpc) is 2.33. The van der Waals surface area contributed by atoms with Crippen LogP contribution in [0.5, 0.6) is 0 Å². The van der Waals surface area contributed by atoms with E-state index in [-0.39, 0.29) is 17.2 Å². The summed E-state index contributed by atoms with van der Waals surface area (Å²) in [4.78, 5) is 12.9. The summed E-state index contributed by atoms with van der Waals surface area (Å²) in [5.41, 5.74) is 7.80. The first kappa shape index (κ1) is 14.9. The van der Waals surface area contributed by atoms with E-state index in [0.717, 1.165) is 22.6 Å². The Labute approximate surface area is 114 Å². The van der Waals surface area contributed by atoms with Gasteiger partial charge in [-0.05, 0) is 44.9 Å². The molecule has 0 bridgehead atoms. The minimum Gasteiger partial charge on any atom is -0.398 e. The number of nitrogens with one attached hydrogen (secondary N) is 1. The number of rotatable bonds is 5. The highest BCUT2D eigenvalue weighted by atomic mass is 32.2. The molecular formula is C14H22N2OS. The van der Waals surface area contributed by atoms with E-state index in [0.29, 0.717) is 0 Å². The molecule has 0 spiro atoms. The summed E-state index contributed by atoms with van der Waals surface area (Å²) < 4.78 is 0. The number of carbonyl (C=O) groups excluding carboxylic acids is 1. The molecule has 0 saturated carbocycles. The Balaban J connectivity index is 2.66. The average molecular weight is 266 g/mol. The second kappa shape index (κ2) is 6.69. The van der Waals surface area contributed by atoms with Crippen LogP contribution in [0, 0.1) is 6.92 Å². The lowest BCUT2D eigenvalue weighted by atomic mass is 10.2. The van der Waals surface area contributed by atoms with Crippen LogP contribution >= 0.6 is 11.8 Å². The number of hydrogen-bond donors (Lipinski definition) is 2. The first-order chi connectivity index (χ1) is 8.43. The zero-order valence-electron chi connectivity index (χ0n) is 11.5. The Morgan fingerprint density at radius 1 is 1.44 bits per heavy atom. The fourth-order valence-corrected chi connectivity index (χ4v) is 2.46. The molecular weight excluding hydrogens is 244 g/mol. The summed E-state index contributed by atoms with van der Waals surface area (Å²) in [7, 11) is 0. The molecule has 0 radical (unpaired) electrons. The molecule has 4 heteroatoms. The fourth-order valence-electron chi connectivity index (χ4n) is 1.45. The first-order valence-electron chi connectivity index (χ1n) is 6.27. The molecule has 0 fully saturated rings. The zero-order chi connectivity index (χ0) is 13.7. The molecule has 0 heterocycles. The molecule has 1 aromatic rings. The van der Waals surface area contributed by atoms with Gasteiger partial charge in [0.05, 0.1) is 5.25 Å². The van der Waals surface area contributed by atoms with E-state index in [1.54, 1.807) is 0 Å². The largest absolute Gasteiger partial charge is 0.398 e. The van der Waals surface area contributed by atoms with Crippen molar-refractivity contribution in [2.45, 2.75) is 50.3 Å². The third-order valence-corrected chi connectivity index (χ3v) is 4.02. The van der Waals surface area contributed by atoms with E-state index in [1.165, 1.54) is 11.8 Å². The summed E-state index contributed by atoms with van der Waals surface area (Å²) in [5.74, 6) is 0.0651. The van der Waals surface area contributed by atoms with Gasteiger partial charge in [0, 0.05) is 16.6 Å². The Hall–Kier alpha value is -1.16. The van der Waals surface area contributed by atoms with Gasteiger partial charge in [0.2, 0.25) is 5.91 Å². The van der Waals surface area contributed by atoms with Crippen LogP contribution in [0.2, 0.25) is 0 Å². The van der Waals surface area contributed by atoms with Crippen LogP contribution in [-0.2, 0) is 4.79 Å². The van der Waals surface area contributed by atoms with Crippen LogP contribution in [-0.4, -0.2) is 17.2 Å². The van der Waals surface area contributed by atoms with Crippen LogP contribution in [0.25, 0.3) is 0 Å². The molecule has 18 heavy (non-hydrogen) atoms. The second-order valence-electron chi connectivity index (χ2n) is 4.62. The third-order valence-electron chi connectivity index (χ3n) is 2.84. The van der Waals surface area contributed by atoms with Crippen molar-refractivity contribution in [1.82, 2.24) is 5.32 Å². The molecule has 1 aromatic carbocycles. The van der Waals surface area contributed by atoms with Crippen molar-refractivity contribution in [2.75, 3.05) is 5.73 Å². The number of aryl methyl sites for hydroxylation is 1. The Morgan fingerprint density at radius 2 is 2.11 bits per heavy atom. The van der Waals surface area contributed by atoms with Crippen molar-refractivity contribution in [3.63, 3.8) is 0 Å².